The van der Waals surface area contributed by atoms with Gasteiger partial charge in [-0.3, -0.25) is 4.79 Å². The number of rotatable bonds is 15. The van der Waals surface area contributed by atoms with E-state index in [2.05, 4.69) is 19.1 Å². The largest absolute Gasteiger partial charge is 0.481 e. The van der Waals surface area contributed by atoms with Crippen LogP contribution in [0.4, 0.5) is 0 Å². The van der Waals surface area contributed by atoms with Crippen LogP contribution in [0.2, 0.25) is 0 Å². The van der Waals surface area contributed by atoms with Crippen molar-refractivity contribution in [2.45, 2.75) is 153 Å². The van der Waals surface area contributed by atoms with Crippen LogP contribution in [0.5, 0.6) is 0 Å². The van der Waals surface area contributed by atoms with E-state index in [-0.39, 0.29) is 43.0 Å². The summed E-state index contributed by atoms with van der Waals surface area (Å²) in [5.41, 5.74) is 0. The van der Waals surface area contributed by atoms with E-state index in [9.17, 15) is 9.90 Å². The molecule has 2 aliphatic heterocycles. The average Bonchev–Trinajstić information content (AvgIpc) is 3.27. The lowest BCUT2D eigenvalue weighted by Gasteiger charge is -2.35. The lowest BCUT2D eigenvalue weighted by atomic mass is 9.78. The number of unbranched alkanes of at least 4 members (excludes halogenated alkanes) is 3. The van der Waals surface area contributed by atoms with E-state index in [4.69, 9.17) is 24.1 Å². The van der Waals surface area contributed by atoms with Gasteiger partial charge in [0.25, 0.3) is 0 Å². The third-order valence-corrected chi connectivity index (χ3v) is 9.94. The van der Waals surface area contributed by atoms with Crippen LogP contribution in [0.3, 0.4) is 0 Å². The SMILES string of the molecule is CC[C@H]1CC[C@H]([C@@H](C=C[C@@H]2[C@@H](CCCCCCC(=O)O)[C@@H](O)C[C@H]2OC2CCCCO2)OC2CCCCO2)CC1. The van der Waals surface area contributed by atoms with Gasteiger partial charge in [-0.15, -0.1) is 0 Å². The van der Waals surface area contributed by atoms with Crippen molar-refractivity contribution in [1.82, 2.24) is 0 Å². The molecule has 2 saturated carbocycles. The van der Waals surface area contributed by atoms with Crippen molar-refractivity contribution in [3.63, 3.8) is 0 Å². The summed E-state index contributed by atoms with van der Waals surface area (Å²) < 4.78 is 25.1. The zero-order valence-electron chi connectivity index (χ0n) is 24.9. The Kier molecular flexibility index (Phi) is 13.7. The van der Waals surface area contributed by atoms with Gasteiger partial charge in [-0.25, -0.2) is 0 Å². The van der Waals surface area contributed by atoms with Crippen molar-refractivity contribution >= 4 is 5.97 Å². The first-order chi connectivity index (χ1) is 19.5. The predicted octanol–water partition coefficient (Wildman–Crippen LogP) is 7.00. The normalized spacial score (nSPS) is 36.1. The summed E-state index contributed by atoms with van der Waals surface area (Å²) in [6.45, 7) is 3.84. The molecule has 40 heavy (non-hydrogen) atoms. The molecular weight excluding hydrogens is 508 g/mol. The van der Waals surface area contributed by atoms with Crippen LogP contribution < -0.4 is 0 Å². The number of aliphatic carboxylic acids is 1. The van der Waals surface area contributed by atoms with Gasteiger partial charge in [-0.05, 0) is 82.0 Å². The number of ether oxygens (including phenoxy) is 4. The van der Waals surface area contributed by atoms with E-state index in [1.54, 1.807) is 0 Å². The van der Waals surface area contributed by atoms with Crippen LogP contribution in [-0.4, -0.2) is 60.3 Å². The Labute approximate surface area is 242 Å². The topological polar surface area (TPSA) is 94.5 Å². The van der Waals surface area contributed by atoms with E-state index in [1.807, 2.05) is 0 Å². The van der Waals surface area contributed by atoms with Gasteiger partial charge in [0, 0.05) is 32.0 Å². The maximum absolute atomic E-state index is 11.2. The Balaban J connectivity index is 1.43. The fourth-order valence-corrected chi connectivity index (χ4v) is 7.39. The highest BCUT2D eigenvalue weighted by Gasteiger charge is 2.43. The van der Waals surface area contributed by atoms with Crippen LogP contribution in [0.15, 0.2) is 12.2 Å². The second-order valence-corrected chi connectivity index (χ2v) is 12.8. The van der Waals surface area contributed by atoms with E-state index in [0.717, 1.165) is 89.8 Å². The molecule has 4 fully saturated rings. The van der Waals surface area contributed by atoms with E-state index in [0.29, 0.717) is 12.3 Å². The fourth-order valence-electron chi connectivity index (χ4n) is 7.39. The number of aliphatic hydroxyl groups excluding tert-OH is 1. The Morgan fingerprint density at radius 2 is 1.62 bits per heavy atom. The second kappa shape index (κ2) is 17.2. The van der Waals surface area contributed by atoms with Gasteiger partial charge in [-0.1, -0.05) is 57.6 Å². The van der Waals surface area contributed by atoms with Crippen molar-refractivity contribution in [3.05, 3.63) is 12.2 Å². The third kappa shape index (κ3) is 10.1. The first kappa shape index (κ1) is 31.9. The van der Waals surface area contributed by atoms with Gasteiger partial charge >= 0.3 is 5.97 Å². The summed E-state index contributed by atoms with van der Waals surface area (Å²) in [6.07, 6.45) is 21.9. The molecule has 2 saturated heterocycles. The summed E-state index contributed by atoms with van der Waals surface area (Å²) in [6, 6.07) is 0. The molecule has 0 aromatic rings. The summed E-state index contributed by atoms with van der Waals surface area (Å²) in [7, 11) is 0. The fraction of sp³-hybridized carbons (Fsp3) is 0.909. The third-order valence-electron chi connectivity index (χ3n) is 9.94. The molecule has 7 atom stereocenters. The molecule has 2 unspecified atom stereocenters. The van der Waals surface area contributed by atoms with Gasteiger partial charge in [0.15, 0.2) is 12.6 Å². The zero-order valence-corrected chi connectivity index (χ0v) is 24.9. The minimum Gasteiger partial charge on any atom is -0.481 e. The highest BCUT2D eigenvalue weighted by atomic mass is 16.7. The monoisotopic (exact) mass is 564 g/mol. The minimum atomic E-state index is -0.722. The standard InChI is InChI=1S/C33H56O7/c1-2-24-15-17-25(18-16-24)29(39-32-13-7-9-21-37-32)20-19-27-26(11-5-3-4-6-12-31(35)36)28(34)23-30(27)40-33-14-8-10-22-38-33/h19-20,24-30,32-34H,2-18,21-23H2,1H3,(H,35,36)/t24-,25-,26-,27-,28+,29-,30-,32?,33?/m1/s1. The molecule has 0 radical (unpaired) electrons. The number of hydrogen-bond donors (Lipinski definition) is 2. The maximum atomic E-state index is 11.2. The molecule has 0 amide bonds. The highest BCUT2D eigenvalue weighted by molar-refractivity contribution is 5.66. The molecule has 2 N–H and O–H groups in total. The van der Waals surface area contributed by atoms with Crippen LogP contribution >= 0.6 is 0 Å². The molecule has 7 nitrogen and oxygen atoms in total. The van der Waals surface area contributed by atoms with Gasteiger partial charge in [-0.2, -0.15) is 0 Å². The highest BCUT2D eigenvalue weighted by Crippen LogP contribution is 2.41. The van der Waals surface area contributed by atoms with Crippen molar-refractivity contribution in [2.24, 2.45) is 23.7 Å². The molecule has 4 aliphatic rings. The molecule has 0 aromatic carbocycles. The van der Waals surface area contributed by atoms with Crippen molar-refractivity contribution in [2.75, 3.05) is 13.2 Å². The summed E-state index contributed by atoms with van der Waals surface area (Å²) >= 11 is 0. The van der Waals surface area contributed by atoms with Crippen LogP contribution in [0.25, 0.3) is 0 Å². The Morgan fingerprint density at radius 1 is 0.925 bits per heavy atom. The molecule has 230 valence electrons. The van der Waals surface area contributed by atoms with Crippen molar-refractivity contribution in [1.29, 1.82) is 0 Å². The molecule has 0 spiro atoms. The van der Waals surface area contributed by atoms with E-state index in [1.165, 1.54) is 32.1 Å². The number of hydrogen-bond acceptors (Lipinski definition) is 6. The lowest BCUT2D eigenvalue weighted by Crippen LogP contribution is -2.34. The van der Waals surface area contributed by atoms with Gasteiger partial charge in [0.05, 0.1) is 18.3 Å². The van der Waals surface area contributed by atoms with Gasteiger partial charge in [0.1, 0.15) is 0 Å². The Morgan fingerprint density at radius 3 is 2.27 bits per heavy atom. The molecule has 4 rings (SSSR count). The number of aliphatic hydroxyl groups is 1. The summed E-state index contributed by atoms with van der Waals surface area (Å²) in [4.78, 5) is 10.8. The van der Waals surface area contributed by atoms with Gasteiger partial charge in [0.2, 0.25) is 0 Å². The predicted molar refractivity (Wildman–Crippen MR) is 155 cm³/mol. The zero-order chi connectivity index (χ0) is 28.2. The molecule has 7 heteroatoms. The Hall–Kier alpha value is -0.990. The van der Waals surface area contributed by atoms with Crippen LogP contribution in [-0.2, 0) is 23.7 Å². The quantitative estimate of drug-likeness (QED) is 0.163. The summed E-state index contributed by atoms with van der Waals surface area (Å²) in [5.74, 6) is 0.867. The minimum absolute atomic E-state index is 0.0295. The van der Waals surface area contributed by atoms with E-state index < -0.39 is 12.1 Å². The number of carboxylic acid groups (broad SMARTS) is 1. The summed E-state index contributed by atoms with van der Waals surface area (Å²) in [5, 5.41) is 20.1. The molecule has 2 aliphatic carbocycles. The molecule has 0 bridgehead atoms. The van der Waals surface area contributed by atoms with Crippen LogP contribution in [0, 0.1) is 23.7 Å². The lowest BCUT2D eigenvalue weighted by molar-refractivity contribution is -0.193. The van der Waals surface area contributed by atoms with Crippen molar-refractivity contribution in [3.8, 4) is 0 Å². The molecule has 0 aromatic heterocycles. The molecule has 2 heterocycles. The van der Waals surface area contributed by atoms with E-state index >= 15 is 0 Å². The van der Waals surface area contributed by atoms with Crippen molar-refractivity contribution < 1.29 is 34.0 Å². The Bertz CT molecular complexity index is 737. The number of carboxylic acids is 1. The smallest absolute Gasteiger partial charge is 0.303 e. The average molecular weight is 565 g/mol. The maximum Gasteiger partial charge on any atom is 0.303 e. The first-order valence-corrected chi connectivity index (χ1v) is 16.7. The second-order valence-electron chi connectivity index (χ2n) is 12.8. The number of carbonyl (C=O) groups is 1. The molecular formula is C33H56O7. The first-order valence-electron chi connectivity index (χ1n) is 16.7. The van der Waals surface area contributed by atoms with Gasteiger partial charge < -0.3 is 29.2 Å². The van der Waals surface area contributed by atoms with Crippen LogP contribution in [0.1, 0.15) is 122 Å².